The molecule has 3 heterocycles. The van der Waals surface area contributed by atoms with Crippen molar-refractivity contribution in [2.75, 3.05) is 26.2 Å². The van der Waals surface area contributed by atoms with Crippen LogP contribution in [-0.2, 0) is 28.7 Å². The van der Waals surface area contributed by atoms with Crippen LogP contribution in [0.5, 0.6) is 0 Å². The van der Waals surface area contributed by atoms with Gasteiger partial charge in [0, 0.05) is 24.3 Å². The molecule has 1 unspecified atom stereocenters. The first-order chi connectivity index (χ1) is 18.6. The predicted octanol–water partition coefficient (Wildman–Crippen LogP) is 1.94. The van der Waals surface area contributed by atoms with E-state index in [2.05, 4.69) is 34.4 Å². The molecule has 0 aromatic rings. The molecule has 3 amide bonds. The number of carbonyl (C=O) groups excluding carboxylic acids is 4. The number of alkyl halides is 1. The Morgan fingerprint density at radius 2 is 2.05 bits per heavy atom. The Balaban J connectivity index is 1.88. The first-order valence-electron chi connectivity index (χ1n) is 13.8. The molecular weight excluding hydrogens is 570 g/mol. The van der Waals surface area contributed by atoms with Crippen molar-refractivity contribution in [3.05, 3.63) is 25.3 Å². The molecular formula is C28H42BrN3O7. The van der Waals surface area contributed by atoms with Crippen molar-refractivity contribution in [2.45, 2.75) is 87.6 Å². The molecule has 8 atom stereocenters. The third-order valence-corrected chi connectivity index (χ3v) is 8.74. The van der Waals surface area contributed by atoms with E-state index in [9.17, 15) is 24.3 Å². The maximum Gasteiger partial charge on any atom is 0.312 e. The molecule has 39 heavy (non-hydrogen) atoms. The lowest BCUT2D eigenvalue weighted by Crippen LogP contribution is -2.58. The van der Waals surface area contributed by atoms with Crippen LogP contribution in [0.2, 0.25) is 0 Å². The Labute approximate surface area is 239 Å². The molecule has 0 radical (unpaired) electrons. The van der Waals surface area contributed by atoms with Crippen LogP contribution in [0.15, 0.2) is 25.3 Å². The van der Waals surface area contributed by atoms with E-state index in [4.69, 9.17) is 9.47 Å². The van der Waals surface area contributed by atoms with Gasteiger partial charge in [-0.2, -0.15) is 0 Å². The van der Waals surface area contributed by atoms with E-state index >= 15 is 0 Å². The number of fused-ring (bicyclic) bond motifs is 1. The average Bonchev–Trinajstić information content (AvgIpc) is 3.51. The van der Waals surface area contributed by atoms with Crippen molar-refractivity contribution in [1.82, 2.24) is 15.1 Å². The number of hydrogen-bond acceptors (Lipinski definition) is 7. The number of aliphatic hydroxyl groups is 1. The zero-order valence-electron chi connectivity index (χ0n) is 23.1. The number of unbranched alkanes of at least 4 members (excludes halogenated alkanes) is 1. The third-order valence-electron chi connectivity index (χ3n) is 7.89. The molecule has 11 heteroatoms. The first-order valence-corrected chi connectivity index (χ1v) is 14.7. The number of aliphatic hydroxyl groups excluding tert-OH is 1. The number of nitrogens with one attached hydrogen (secondary N) is 1. The van der Waals surface area contributed by atoms with Crippen LogP contribution in [0.4, 0.5) is 0 Å². The van der Waals surface area contributed by atoms with Gasteiger partial charge in [0.2, 0.25) is 17.7 Å². The maximum absolute atomic E-state index is 14.1. The molecule has 218 valence electrons. The van der Waals surface area contributed by atoms with Crippen LogP contribution in [0.1, 0.15) is 52.9 Å². The number of ether oxygens (including phenoxy) is 2. The number of carbonyl (C=O) groups is 4. The monoisotopic (exact) mass is 611 g/mol. The number of amides is 3. The molecule has 3 fully saturated rings. The molecule has 2 bridgehead atoms. The summed E-state index contributed by atoms with van der Waals surface area (Å²) in [6.07, 6.45) is 4.91. The predicted molar refractivity (Wildman–Crippen MR) is 149 cm³/mol. The molecule has 10 nitrogen and oxygen atoms in total. The molecule has 3 aliphatic heterocycles. The van der Waals surface area contributed by atoms with Crippen molar-refractivity contribution in [2.24, 2.45) is 11.8 Å². The van der Waals surface area contributed by atoms with Crippen LogP contribution >= 0.6 is 15.9 Å². The van der Waals surface area contributed by atoms with Gasteiger partial charge in [-0.15, -0.1) is 13.2 Å². The Morgan fingerprint density at radius 3 is 2.67 bits per heavy atom. The lowest BCUT2D eigenvalue weighted by atomic mass is 9.70. The maximum atomic E-state index is 14.1. The highest BCUT2D eigenvalue weighted by molar-refractivity contribution is 9.09. The van der Waals surface area contributed by atoms with E-state index in [1.54, 1.807) is 30.9 Å². The molecule has 1 spiro atoms. The number of nitrogens with zero attached hydrogens (tertiary/aromatic N) is 2. The summed E-state index contributed by atoms with van der Waals surface area (Å²) in [4.78, 5) is 56.3. The van der Waals surface area contributed by atoms with Gasteiger partial charge in [0.1, 0.15) is 17.7 Å². The number of rotatable bonds is 15. The minimum atomic E-state index is -1.23. The number of likely N-dealkylation sites (tertiary alicyclic amines) is 1. The van der Waals surface area contributed by atoms with Gasteiger partial charge in [0.05, 0.1) is 37.1 Å². The fraction of sp³-hybridized carbons (Fsp3) is 0.714. The Kier molecular flexibility index (Phi) is 10.8. The van der Waals surface area contributed by atoms with Crippen molar-refractivity contribution >= 4 is 39.6 Å². The summed E-state index contributed by atoms with van der Waals surface area (Å²) in [6.45, 7) is 13.4. The molecule has 0 aromatic heterocycles. The van der Waals surface area contributed by atoms with Crippen LogP contribution in [0, 0.1) is 11.8 Å². The van der Waals surface area contributed by atoms with E-state index in [0.29, 0.717) is 32.4 Å². The smallest absolute Gasteiger partial charge is 0.312 e. The Morgan fingerprint density at radius 1 is 1.33 bits per heavy atom. The summed E-state index contributed by atoms with van der Waals surface area (Å²) in [5.41, 5.74) is -1.23. The van der Waals surface area contributed by atoms with Crippen molar-refractivity contribution in [3.8, 4) is 0 Å². The molecule has 0 saturated carbocycles. The third kappa shape index (κ3) is 6.10. The Bertz CT molecular complexity index is 961. The van der Waals surface area contributed by atoms with Crippen LogP contribution < -0.4 is 5.32 Å². The summed E-state index contributed by atoms with van der Waals surface area (Å²) in [5, 5.41) is 12.8. The molecule has 0 aliphatic carbocycles. The largest absolute Gasteiger partial charge is 0.460 e. The molecule has 3 rings (SSSR count). The molecule has 0 aromatic carbocycles. The van der Waals surface area contributed by atoms with Crippen molar-refractivity contribution < 1.29 is 33.8 Å². The number of halogens is 1. The highest BCUT2D eigenvalue weighted by Crippen LogP contribution is 2.60. The van der Waals surface area contributed by atoms with Gasteiger partial charge < -0.3 is 29.7 Å². The number of hydrogen-bond donors (Lipinski definition) is 2. The van der Waals surface area contributed by atoms with E-state index in [1.807, 2.05) is 6.92 Å². The number of allylic oxidation sites excluding steroid dienone is 1. The molecule has 3 aliphatic rings. The van der Waals surface area contributed by atoms with Gasteiger partial charge in [-0.1, -0.05) is 41.4 Å². The minimum Gasteiger partial charge on any atom is -0.460 e. The number of esters is 1. The van der Waals surface area contributed by atoms with E-state index in [0.717, 1.165) is 12.8 Å². The summed E-state index contributed by atoms with van der Waals surface area (Å²) in [7, 11) is 0. The SMILES string of the molecule is C=CCCC(=O)NC[C@@H](C)OC(=O)[C@H]1[C@@H]2O[C@@]3(CC2Br)[C@@H]1C(=O)N([C@H](C)CO)[C@@H]3C(=O)N(CC=C)CCCC. The minimum absolute atomic E-state index is 0.129. The van der Waals surface area contributed by atoms with Crippen molar-refractivity contribution in [3.63, 3.8) is 0 Å². The van der Waals surface area contributed by atoms with Gasteiger partial charge in [0.25, 0.3) is 0 Å². The van der Waals surface area contributed by atoms with Gasteiger partial charge in [0.15, 0.2) is 0 Å². The van der Waals surface area contributed by atoms with Crippen LogP contribution in [0.3, 0.4) is 0 Å². The van der Waals surface area contributed by atoms with E-state index in [1.165, 1.54) is 4.90 Å². The first kappa shape index (κ1) is 31.3. The molecule has 2 N–H and O–H groups in total. The van der Waals surface area contributed by atoms with Gasteiger partial charge in [-0.05, 0) is 33.1 Å². The standard InChI is InChI=1S/C28H42BrN3O7/c1-6-9-11-20(34)30-15-18(5)38-27(37)21-22-25(35)32(17(4)16-33)24(28(22)14-19(29)23(21)39-28)26(36)31(12-8-3)13-10-7-2/h6,8,17-19,21-24,33H,1,3,7,9-16H2,2,4-5H3,(H,30,34)/t17-,18-,19?,21-,22+,23-,24-,28+/m1/s1. The average molecular weight is 613 g/mol. The van der Waals surface area contributed by atoms with Crippen molar-refractivity contribution in [1.29, 1.82) is 0 Å². The van der Waals surface area contributed by atoms with E-state index in [-0.39, 0.29) is 29.8 Å². The fourth-order valence-electron chi connectivity index (χ4n) is 6.05. The zero-order chi connectivity index (χ0) is 28.9. The topological polar surface area (TPSA) is 125 Å². The highest BCUT2D eigenvalue weighted by Gasteiger charge is 2.77. The van der Waals surface area contributed by atoms with Crippen LogP contribution in [0.25, 0.3) is 0 Å². The summed E-state index contributed by atoms with van der Waals surface area (Å²) >= 11 is 3.64. The Hall–Kier alpha value is -2.24. The fourth-order valence-corrected chi connectivity index (χ4v) is 6.99. The lowest BCUT2D eigenvalue weighted by molar-refractivity contribution is -0.160. The second-order valence-corrected chi connectivity index (χ2v) is 11.9. The molecule has 3 saturated heterocycles. The van der Waals surface area contributed by atoms with Crippen LogP contribution in [-0.4, -0.2) is 99.6 Å². The second-order valence-electron chi connectivity index (χ2n) is 10.7. The van der Waals surface area contributed by atoms with Gasteiger partial charge in [-0.25, -0.2) is 0 Å². The van der Waals surface area contributed by atoms with Gasteiger partial charge >= 0.3 is 5.97 Å². The van der Waals surface area contributed by atoms with E-state index < -0.39 is 53.6 Å². The second kappa shape index (κ2) is 13.4. The van der Waals surface area contributed by atoms with Gasteiger partial charge in [-0.3, -0.25) is 19.2 Å². The summed E-state index contributed by atoms with van der Waals surface area (Å²) in [6, 6.07) is -1.64. The summed E-state index contributed by atoms with van der Waals surface area (Å²) in [5.74, 6) is -3.28. The summed E-state index contributed by atoms with van der Waals surface area (Å²) < 4.78 is 12.2. The lowest BCUT2D eigenvalue weighted by Gasteiger charge is -2.38. The quantitative estimate of drug-likeness (QED) is 0.165. The zero-order valence-corrected chi connectivity index (χ0v) is 24.7. The normalized spacial score (nSPS) is 30.4. The highest BCUT2D eigenvalue weighted by atomic mass is 79.9.